The number of hydrogen-bond donors (Lipinski definition) is 0. The third-order valence-corrected chi connectivity index (χ3v) is 8.95. The molecule has 7 atom stereocenters. The first kappa shape index (κ1) is 19.3. The van der Waals surface area contributed by atoms with Crippen LogP contribution in [0.5, 0.6) is 0 Å². The fraction of sp³-hybridized carbons (Fsp3) is 0.833. The zero-order valence-corrected chi connectivity index (χ0v) is 18.0. The quantitative estimate of drug-likeness (QED) is 0.334. The van der Waals surface area contributed by atoms with E-state index in [0.717, 1.165) is 6.42 Å². The van der Waals surface area contributed by atoms with Gasteiger partial charge in [0.1, 0.15) is 6.04 Å². The summed E-state index contributed by atoms with van der Waals surface area (Å²) in [4.78, 5) is 40.4. The van der Waals surface area contributed by atoms with Gasteiger partial charge in [-0.25, -0.2) is 4.79 Å². The van der Waals surface area contributed by atoms with Crippen molar-refractivity contribution >= 4 is 49.6 Å². The van der Waals surface area contributed by atoms with Crippen LogP contribution in [0.1, 0.15) is 40.0 Å². The first-order valence-corrected chi connectivity index (χ1v) is 10.9. The smallest absolute Gasteiger partial charge is 0.329 e. The van der Waals surface area contributed by atoms with Crippen LogP contribution in [0, 0.1) is 29.6 Å². The highest BCUT2D eigenvalue weighted by Gasteiger charge is 2.67. The number of alkyl halides is 2. The minimum absolute atomic E-state index is 0.159. The third kappa shape index (κ3) is 3.09. The highest BCUT2D eigenvalue weighted by atomic mass is 79.9. The predicted molar refractivity (Wildman–Crippen MR) is 100 cm³/mol. The van der Waals surface area contributed by atoms with Gasteiger partial charge in [-0.05, 0) is 37.0 Å². The summed E-state index contributed by atoms with van der Waals surface area (Å²) in [5, 5.41) is 0. The van der Waals surface area contributed by atoms with E-state index in [4.69, 9.17) is 4.74 Å². The SMILES string of the molecule is CCCOC(=O)[C@H](CC(C)C)N1C(=O)[C@@H]2[C@H]3C[C@@H]([C@H](Br)[C@@H]3Br)[C@@H]2C1=O. The van der Waals surface area contributed by atoms with E-state index >= 15 is 0 Å². The molecule has 2 bridgehead atoms. The lowest BCUT2D eigenvalue weighted by Gasteiger charge is -2.28. The number of carbonyl (C=O) groups excluding carboxylic acids is 3. The summed E-state index contributed by atoms with van der Waals surface area (Å²) in [6, 6.07) is -0.792. The molecule has 0 spiro atoms. The number of rotatable bonds is 6. The van der Waals surface area contributed by atoms with Crippen molar-refractivity contribution in [3.8, 4) is 0 Å². The van der Waals surface area contributed by atoms with Gasteiger partial charge >= 0.3 is 5.97 Å². The molecule has 7 heteroatoms. The van der Waals surface area contributed by atoms with E-state index in [1.807, 2.05) is 20.8 Å². The molecular formula is C18H25Br2NO4. The summed E-state index contributed by atoms with van der Waals surface area (Å²) in [6.07, 6.45) is 2.06. The number of carbonyl (C=O) groups is 3. The summed E-state index contributed by atoms with van der Waals surface area (Å²) in [5.41, 5.74) is 0. The van der Waals surface area contributed by atoms with Crippen molar-refractivity contribution in [1.29, 1.82) is 0 Å². The minimum atomic E-state index is -0.792. The van der Waals surface area contributed by atoms with Gasteiger partial charge in [0.25, 0.3) is 0 Å². The fourth-order valence-electron chi connectivity index (χ4n) is 4.73. The van der Waals surface area contributed by atoms with Crippen molar-refractivity contribution in [1.82, 2.24) is 4.90 Å². The fourth-order valence-corrected chi connectivity index (χ4v) is 6.60. The molecule has 1 heterocycles. The average Bonchev–Trinajstić information content (AvgIpc) is 3.15. The number of amides is 2. The Morgan fingerprint density at radius 3 is 2.12 bits per heavy atom. The van der Waals surface area contributed by atoms with Gasteiger partial charge in [0.05, 0.1) is 18.4 Å². The summed E-state index contributed by atoms with van der Waals surface area (Å²) in [6.45, 7) is 6.21. The Bertz CT molecular complexity index is 549. The van der Waals surface area contributed by atoms with Gasteiger partial charge in [-0.2, -0.15) is 0 Å². The number of hydrogen-bond acceptors (Lipinski definition) is 4. The van der Waals surface area contributed by atoms with Gasteiger partial charge in [0.15, 0.2) is 0 Å². The maximum absolute atomic E-state index is 13.1. The van der Waals surface area contributed by atoms with Crippen molar-refractivity contribution in [2.24, 2.45) is 29.6 Å². The number of nitrogens with zero attached hydrogens (tertiary/aromatic N) is 1. The van der Waals surface area contributed by atoms with Crippen LogP contribution in [-0.4, -0.2) is 45.0 Å². The van der Waals surface area contributed by atoms with Gasteiger partial charge in [-0.3, -0.25) is 14.5 Å². The van der Waals surface area contributed by atoms with Crippen LogP contribution in [0.4, 0.5) is 0 Å². The molecule has 2 aliphatic carbocycles. The van der Waals surface area contributed by atoms with E-state index in [1.54, 1.807) is 0 Å². The topological polar surface area (TPSA) is 63.7 Å². The van der Waals surface area contributed by atoms with Crippen molar-refractivity contribution in [3.05, 3.63) is 0 Å². The van der Waals surface area contributed by atoms with Gasteiger partial charge < -0.3 is 4.74 Å². The molecule has 25 heavy (non-hydrogen) atoms. The second kappa shape index (κ2) is 7.29. The van der Waals surface area contributed by atoms with Crippen LogP contribution in [-0.2, 0) is 19.1 Å². The zero-order chi connectivity index (χ0) is 18.5. The summed E-state index contributed by atoms with van der Waals surface area (Å²) >= 11 is 7.37. The van der Waals surface area contributed by atoms with Crippen molar-refractivity contribution in [2.45, 2.75) is 55.7 Å². The molecule has 140 valence electrons. The van der Waals surface area contributed by atoms with Crippen molar-refractivity contribution < 1.29 is 19.1 Å². The average molecular weight is 479 g/mol. The summed E-state index contributed by atoms with van der Waals surface area (Å²) < 4.78 is 5.29. The van der Waals surface area contributed by atoms with Crippen LogP contribution in [0.25, 0.3) is 0 Å². The number of halogens is 2. The Hall–Kier alpha value is -0.430. The van der Waals surface area contributed by atoms with Gasteiger partial charge in [0, 0.05) is 9.65 Å². The van der Waals surface area contributed by atoms with E-state index in [-0.39, 0.29) is 51.1 Å². The molecular weight excluding hydrogens is 454 g/mol. The van der Waals surface area contributed by atoms with Gasteiger partial charge in [-0.1, -0.05) is 52.6 Å². The first-order valence-electron chi connectivity index (χ1n) is 9.11. The van der Waals surface area contributed by atoms with Crippen LogP contribution >= 0.6 is 31.9 Å². The third-order valence-electron chi connectivity index (χ3n) is 5.75. The minimum Gasteiger partial charge on any atom is -0.464 e. The molecule has 0 aromatic rings. The lowest BCUT2D eigenvalue weighted by atomic mass is 9.81. The Morgan fingerprint density at radius 1 is 1.16 bits per heavy atom. The second-order valence-electron chi connectivity index (χ2n) is 7.86. The molecule has 0 unspecified atom stereocenters. The maximum atomic E-state index is 13.1. The molecule has 2 saturated carbocycles. The second-order valence-corrected chi connectivity index (χ2v) is 9.98. The molecule has 5 nitrogen and oxygen atoms in total. The lowest BCUT2D eigenvalue weighted by Crippen LogP contribution is -2.47. The van der Waals surface area contributed by atoms with Gasteiger partial charge in [-0.15, -0.1) is 0 Å². The molecule has 1 saturated heterocycles. The predicted octanol–water partition coefficient (Wildman–Crippen LogP) is 3.13. The molecule has 0 N–H and O–H groups in total. The molecule has 3 aliphatic rings. The normalized spacial score (nSPS) is 37.8. The van der Waals surface area contributed by atoms with E-state index in [9.17, 15) is 14.4 Å². The van der Waals surface area contributed by atoms with E-state index < -0.39 is 12.0 Å². The van der Waals surface area contributed by atoms with Crippen LogP contribution in [0.15, 0.2) is 0 Å². The first-order chi connectivity index (χ1) is 11.8. The van der Waals surface area contributed by atoms with Crippen LogP contribution < -0.4 is 0 Å². The van der Waals surface area contributed by atoms with Crippen LogP contribution in [0.3, 0.4) is 0 Å². The van der Waals surface area contributed by atoms with E-state index in [1.165, 1.54) is 4.90 Å². The molecule has 3 rings (SSSR count). The molecule has 0 aromatic heterocycles. The Morgan fingerprint density at radius 2 is 1.68 bits per heavy atom. The molecule has 2 amide bonds. The lowest BCUT2D eigenvalue weighted by molar-refractivity contribution is -0.160. The molecule has 3 fully saturated rings. The Labute approximate surface area is 165 Å². The molecule has 1 aliphatic heterocycles. The highest BCUT2D eigenvalue weighted by molar-refractivity contribution is 9.12. The number of esters is 1. The summed E-state index contributed by atoms with van der Waals surface area (Å²) in [7, 11) is 0. The standard InChI is InChI=1S/C18H25Br2NO4/c1-4-5-25-18(24)11(6-8(2)3)21-16(22)12-9-7-10(13(12)17(21)23)15(20)14(9)19/h8-15H,4-7H2,1-3H3/t9-,10-,11+,12-,13+,14-,15+/m1/s1. The Balaban J connectivity index is 1.86. The van der Waals surface area contributed by atoms with Crippen molar-refractivity contribution in [3.63, 3.8) is 0 Å². The number of imide groups is 1. The maximum Gasteiger partial charge on any atom is 0.329 e. The molecule has 0 aromatic carbocycles. The largest absolute Gasteiger partial charge is 0.464 e. The zero-order valence-electron chi connectivity index (χ0n) is 14.8. The number of likely N-dealkylation sites (tertiary alicyclic amines) is 1. The van der Waals surface area contributed by atoms with Crippen LogP contribution in [0.2, 0.25) is 0 Å². The highest BCUT2D eigenvalue weighted by Crippen LogP contribution is 2.60. The van der Waals surface area contributed by atoms with E-state index in [0.29, 0.717) is 19.4 Å². The molecule has 0 radical (unpaired) electrons. The van der Waals surface area contributed by atoms with E-state index in [2.05, 4.69) is 31.9 Å². The number of fused-ring (bicyclic) bond motifs is 5. The Kier molecular flexibility index (Phi) is 5.64. The monoisotopic (exact) mass is 477 g/mol. The van der Waals surface area contributed by atoms with Crippen molar-refractivity contribution in [2.75, 3.05) is 6.61 Å². The van der Waals surface area contributed by atoms with Gasteiger partial charge in [0.2, 0.25) is 11.8 Å². The number of ether oxygens (including phenoxy) is 1. The summed E-state index contributed by atoms with van der Waals surface area (Å²) in [5.74, 6) is -0.871.